The minimum atomic E-state index is -0.522. The minimum Gasteiger partial charge on any atom is -0.410 e. The molecule has 0 aliphatic heterocycles. The molecule has 35 heavy (non-hydrogen) atoms. The van der Waals surface area contributed by atoms with Crippen molar-refractivity contribution in [2.24, 2.45) is 0 Å². The third-order valence-electron chi connectivity index (χ3n) is 5.12. The lowest BCUT2D eigenvalue weighted by atomic mass is 10.2. The fourth-order valence-electron chi connectivity index (χ4n) is 3.45. The smallest absolute Gasteiger partial charge is 0.410 e. The highest BCUT2D eigenvalue weighted by Crippen LogP contribution is 2.17. The molecule has 5 rings (SSSR count). The summed E-state index contributed by atoms with van der Waals surface area (Å²) in [5, 5.41) is 2.72. The molecule has 0 saturated carbocycles. The molecule has 3 N–H and O–H groups in total. The van der Waals surface area contributed by atoms with Crippen molar-refractivity contribution in [3.05, 3.63) is 115 Å². The van der Waals surface area contributed by atoms with Gasteiger partial charge in [-0.2, -0.15) is 0 Å². The van der Waals surface area contributed by atoms with Crippen molar-refractivity contribution in [3.8, 4) is 17.1 Å². The summed E-state index contributed by atoms with van der Waals surface area (Å²) < 4.78 is 9.14. The molecule has 0 aliphatic rings. The molecule has 0 bridgehead atoms. The van der Waals surface area contributed by atoms with Gasteiger partial charge in [0.1, 0.15) is 17.4 Å². The van der Waals surface area contributed by atoms with Crippen molar-refractivity contribution >= 4 is 17.5 Å². The van der Waals surface area contributed by atoms with Gasteiger partial charge < -0.3 is 19.6 Å². The average Bonchev–Trinajstić information content (AvgIpc) is 3.48. The summed E-state index contributed by atoms with van der Waals surface area (Å²) in [4.78, 5) is 20.2. The van der Waals surface area contributed by atoms with Gasteiger partial charge in [-0.3, -0.25) is 5.32 Å². The van der Waals surface area contributed by atoms with E-state index in [0.29, 0.717) is 11.4 Å². The molecule has 0 spiro atoms. The summed E-state index contributed by atoms with van der Waals surface area (Å²) in [6.45, 7) is 3.88. The van der Waals surface area contributed by atoms with Gasteiger partial charge in [0.15, 0.2) is 0 Å². The second kappa shape index (κ2) is 10.8. The fourth-order valence-corrected chi connectivity index (χ4v) is 3.45. The number of aromatic nitrogens is 4. The number of nitrogens with two attached hydrogens (primary N) is 1. The lowest BCUT2D eigenvalue weighted by Gasteiger charge is -2.09. The molecule has 8 heteroatoms. The van der Waals surface area contributed by atoms with Crippen LogP contribution in [0.3, 0.4) is 0 Å². The standard InChI is InChI=1S/C17H15N3O2.C10H11N3/c1-13-18-10-11-20(13)15-7-5-6-14(12-15)19-17(21)22-16-8-3-2-4-9-16;1-8-12-5-6-13(8)10-4-2-3-9(11)7-10/h2-12H,1H3,(H,19,21);2-7H,11H2,1H3. The molecular weight excluding hydrogens is 440 g/mol. The normalized spacial score (nSPS) is 10.2. The number of ether oxygens (including phenoxy) is 1. The number of anilines is 2. The summed E-state index contributed by atoms with van der Waals surface area (Å²) in [6.07, 6.45) is 6.78. The van der Waals surface area contributed by atoms with Crippen LogP contribution in [-0.4, -0.2) is 25.2 Å². The van der Waals surface area contributed by atoms with E-state index in [4.69, 9.17) is 10.5 Å². The molecule has 2 aromatic heterocycles. The second-order valence-corrected chi connectivity index (χ2v) is 7.66. The van der Waals surface area contributed by atoms with Crippen molar-refractivity contribution in [2.75, 3.05) is 11.1 Å². The third-order valence-corrected chi connectivity index (χ3v) is 5.12. The number of hydrogen-bond acceptors (Lipinski definition) is 5. The van der Waals surface area contributed by atoms with Crippen LogP contribution in [0.5, 0.6) is 5.75 Å². The number of nitrogens with one attached hydrogen (secondary N) is 1. The molecule has 8 nitrogen and oxygen atoms in total. The van der Waals surface area contributed by atoms with Crippen LogP contribution in [0.15, 0.2) is 104 Å². The highest BCUT2D eigenvalue weighted by Gasteiger charge is 2.07. The minimum absolute atomic E-state index is 0.501. The Kier molecular flexibility index (Phi) is 7.22. The van der Waals surface area contributed by atoms with E-state index in [0.717, 1.165) is 28.7 Å². The first-order valence-electron chi connectivity index (χ1n) is 11.0. The molecule has 0 unspecified atom stereocenters. The lowest BCUT2D eigenvalue weighted by Crippen LogP contribution is -2.16. The van der Waals surface area contributed by atoms with Crippen molar-refractivity contribution < 1.29 is 9.53 Å². The maximum Gasteiger partial charge on any atom is 0.417 e. The number of amides is 1. The van der Waals surface area contributed by atoms with Crippen LogP contribution in [0, 0.1) is 13.8 Å². The van der Waals surface area contributed by atoms with Gasteiger partial charge >= 0.3 is 6.09 Å². The Morgan fingerprint density at radius 1 is 0.800 bits per heavy atom. The highest BCUT2D eigenvalue weighted by molar-refractivity contribution is 5.86. The van der Waals surface area contributed by atoms with E-state index in [9.17, 15) is 4.79 Å². The number of carbonyl (C=O) groups is 1. The molecule has 2 heterocycles. The number of benzene rings is 3. The first-order chi connectivity index (χ1) is 17.0. The van der Waals surface area contributed by atoms with Crippen LogP contribution in [-0.2, 0) is 0 Å². The third kappa shape index (κ3) is 6.14. The van der Waals surface area contributed by atoms with Gasteiger partial charge in [0.2, 0.25) is 0 Å². The zero-order valence-corrected chi connectivity index (χ0v) is 19.5. The summed E-state index contributed by atoms with van der Waals surface area (Å²) >= 11 is 0. The van der Waals surface area contributed by atoms with Crippen molar-refractivity contribution in [2.45, 2.75) is 13.8 Å². The molecule has 3 aromatic carbocycles. The van der Waals surface area contributed by atoms with E-state index in [2.05, 4.69) is 15.3 Å². The predicted octanol–water partition coefficient (Wildman–Crippen LogP) is 5.55. The van der Waals surface area contributed by atoms with Crippen LogP contribution >= 0.6 is 0 Å². The van der Waals surface area contributed by atoms with Crippen LogP contribution in [0.4, 0.5) is 16.2 Å². The van der Waals surface area contributed by atoms with Crippen molar-refractivity contribution in [1.29, 1.82) is 0 Å². The zero-order chi connectivity index (χ0) is 24.6. The van der Waals surface area contributed by atoms with Gasteiger partial charge in [-0.05, 0) is 62.4 Å². The quantitative estimate of drug-likeness (QED) is 0.338. The van der Waals surface area contributed by atoms with Crippen LogP contribution < -0.4 is 15.8 Å². The highest BCUT2D eigenvalue weighted by atomic mass is 16.6. The van der Waals surface area contributed by atoms with Crippen molar-refractivity contribution in [3.63, 3.8) is 0 Å². The Balaban J connectivity index is 0.000000189. The van der Waals surface area contributed by atoms with E-state index in [1.807, 2.05) is 102 Å². The number of imidazole rings is 2. The van der Waals surface area contributed by atoms with Crippen LogP contribution in [0.1, 0.15) is 11.6 Å². The number of aryl methyl sites for hydroxylation is 2. The largest absolute Gasteiger partial charge is 0.417 e. The number of carbonyl (C=O) groups excluding carboxylic acids is 1. The fraction of sp³-hybridized carbons (Fsp3) is 0.0741. The zero-order valence-electron chi connectivity index (χ0n) is 19.5. The monoisotopic (exact) mass is 466 g/mol. The second-order valence-electron chi connectivity index (χ2n) is 7.66. The van der Waals surface area contributed by atoms with Gasteiger partial charge in [-0.1, -0.05) is 30.3 Å². The van der Waals surface area contributed by atoms with Crippen LogP contribution in [0.2, 0.25) is 0 Å². The van der Waals surface area contributed by atoms with Gasteiger partial charge in [-0.25, -0.2) is 14.8 Å². The lowest BCUT2D eigenvalue weighted by molar-refractivity contribution is 0.215. The summed E-state index contributed by atoms with van der Waals surface area (Å²) in [6, 6.07) is 24.2. The first kappa shape index (κ1) is 23.3. The summed E-state index contributed by atoms with van der Waals surface area (Å²) in [5.41, 5.74) is 9.08. The van der Waals surface area contributed by atoms with Gasteiger partial charge in [0.25, 0.3) is 0 Å². The predicted molar refractivity (Wildman–Crippen MR) is 137 cm³/mol. The molecule has 5 aromatic rings. The van der Waals surface area contributed by atoms with Gasteiger partial charge in [0, 0.05) is 47.5 Å². The summed E-state index contributed by atoms with van der Waals surface area (Å²) in [5.74, 6) is 2.34. The topological polar surface area (TPSA) is 100.0 Å². The van der Waals surface area contributed by atoms with E-state index < -0.39 is 6.09 Å². The van der Waals surface area contributed by atoms with Gasteiger partial charge in [0.05, 0.1) is 0 Å². The van der Waals surface area contributed by atoms with Crippen LogP contribution in [0.25, 0.3) is 11.4 Å². The molecule has 0 radical (unpaired) electrons. The first-order valence-corrected chi connectivity index (χ1v) is 11.0. The number of nitrogens with zero attached hydrogens (tertiary/aromatic N) is 4. The Hall–Kier alpha value is -4.85. The van der Waals surface area contributed by atoms with Crippen molar-refractivity contribution in [1.82, 2.24) is 19.1 Å². The summed E-state index contributed by atoms with van der Waals surface area (Å²) in [7, 11) is 0. The molecule has 0 aliphatic carbocycles. The Morgan fingerprint density at radius 2 is 1.40 bits per heavy atom. The van der Waals surface area contributed by atoms with E-state index >= 15 is 0 Å². The Labute approximate surface area is 203 Å². The number of para-hydroxylation sites is 1. The average molecular weight is 467 g/mol. The number of nitrogen functional groups attached to an aromatic ring is 1. The molecular formula is C27H26N6O2. The van der Waals surface area contributed by atoms with E-state index in [1.54, 1.807) is 24.5 Å². The van der Waals surface area contributed by atoms with Gasteiger partial charge in [-0.15, -0.1) is 0 Å². The Bertz CT molecular complexity index is 1410. The number of rotatable bonds is 4. The van der Waals surface area contributed by atoms with E-state index in [1.165, 1.54) is 0 Å². The molecule has 0 saturated heterocycles. The number of hydrogen-bond donors (Lipinski definition) is 2. The molecule has 0 fully saturated rings. The van der Waals surface area contributed by atoms with E-state index in [-0.39, 0.29) is 0 Å². The SMILES string of the molecule is Cc1nccn1-c1cccc(N)c1.Cc1nccn1-c1cccc(NC(=O)Oc2ccccc2)c1. The Morgan fingerprint density at radius 3 is 1.97 bits per heavy atom. The maximum atomic E-state index is 11.9. The molecule has 0 atom stereocenters. The molecule has 176 valence electrons. The maximum absolute atomic E-state index is 11.9. The molecule has 1 amide bonds.